The van der Waals surface area contributed by atoms with Gasteiger partial charge in [0.25, 0.3) is 5.91 Å². The molecular formula is C36H41N3O9. The maximum Gasteiger partial charge on any atom is 0.417 e. The van der Waals surface area contributed by atoms with Crippen molar-refractivity contribution in [3.63, 3.8) is 0 Å². The van der Waals surface area contributed by atoms with E-state index in [2.05, 4.69) is 15.6 Å². The maximum atomic E-state index is 13.3. The van der Waals surface area contributed by atoms with Gasteiger partial charge in [0.15, 0.2) is 18.5 Å². The number of nitrogens with one attached hydrogen (secondary N) is 3. The molecule has 12 nitrogen and oxygen atoms in total. The van der Waals surface area contributed by atoms with Crippen LogP contribution >= 0.6 is 0 Å². The minimum absolute atomic E-state index is 0.0163. The molecule has 3 aromatic carbocycles. The molecule has 0 bridgehead atoms. The van der Waals surface area contributed by atoms with Crippen LogP contribution < -0.4 is 21.1 Å². The van der Waals surface area contributed by atoms with Gasteiger partial charge in [-0.1, -0.05) is 60.7 Å². The summed E-state index contributed by atoms with van der Waals surface area (Å²) in [6, 6.07) is 19.7. The van der Waals surface area contributed by atoms with E-state index in [1.54, 1.807) is 13.0 Å². The Hall–Kier alpha value is -4.65. The van der Waals surface area contributed by atoms with E-state index in [1.165, 1.54) is 0 Å². The van der Waals surface area contributed by atoms with Gasteiger partial charge in [-0.3, -0.25) is 9.78 Å². The lowest BCUT2D eigenvalue weighted by molar-refractivity contribution is -0.124. The van der Waals surface area contributed by atoms with E-state index in [0.29, 0.717) is 47.4 Å². The maximum absolute atomic E-state index is 13.3. The number of aromatic amines is 1. The van der Waals surface area contributed by atoms with E-state index in [1.807, 2.05) is 67.6 Å². The van der Waals surface area contributed by atoms with Crippen LogP contribution in [0.15, 0.2) is 75.9 Å². The summed E-state index contributed by atoms with van der Waals surface area (Å²) in [7, 11) is 0. The molecule has 2 aliphatic heterocycles. The Labute approximate surface area is 277 Å². The highest BCUT2D eigenvalue weighted by molar-refractivity contribution is 5.81. The number of H-pyrrole nitrogens is 1. The second-order valence-corrected chi connectivity index (χ2v) is 12.5. The molecule has 2 amide bonds. The monoisotopic (exact) mass is 659 g/mol. The van der Waals surface area contributed by atoms with Crippen LogP contribution in [-0.2, 0) is 31.8 Å². The van der Waals surface area contributed by atoms with Crippen molar-refractivity contribution in [1.29, 1.82) is 0 Å². The fraction of sp³-hybridized carbons (Fsp3) is 0.417. The molecule has 3 heterocycles. The van der Waals surface area contributed by atoms with Crippen LogP contribution in [0, 0.1) is 19.8 Å². The number of benzene rings is 3. The zero-order chi connectivity index (χ0) is 33.6. The van der Waals surface area contributed by atoms with Crippen molar-refractivity contribution in [2.45, 2.75) is 70.1 Å². The Balaban J connectivity index is 1.14. The zero-order valence-corrected chi connectivity index (χ0v) is 27.0. The molecular weight excluding hydrogens is 618 g/mol. The molecule has 48 heavy (non-hydrogen) atoms. The lowest BCUT2D eigenvalue weighted by Crippen LogP contribution is -2.50. The third-order valence-corrected chi connectivity index (χ3v) is 8.97. The topological polar surface area (TPSA) is 161 Å². The fourth-order valence-corrected chi connectivity index (χ4v) is 6.59. The molecule has 1 aromatic heterocycles. The number of aliphatic hydroxyl groups is 1. The molecule has 12 heteroatoms. The predicted molar refractivity (Wildman–Crippen MR) is 176 cm³/mol. The molecule has 0 aliphatic carbocycles. The van der Waals surface area contributed by atoms with E-state index in [0.717, 1.165) is 17.5 Å². The summed E-state index contributed by atoms with van der Waals surface area (Å²) in [6.07, 6.45) is -0.795. The van der Waals surface area contributed by atoms with Gasteiger partial charge in [-0.15, -0.1) is 0 Å². The molecule has 4 N–H and O–H groups in total. The highest BCUT2D eigenvalue weighted by Crippen LogP contribution is 2.33. The summed E-state index contributed by atoms with van der Waals surface area (Å²) >= 11 is 0. The molecule has 2 saturated heterocycles. The van der Waals surface area contributed by atoms with Gasteiger partial charge in [-0.25, -0.2) is 9.59 Å². The van der Waals surface area contributed by atoms with Gasteiger partial charge in [0.1, 0.15) is 11.9 Å². The minimum Gasteiger partial charge on any atom is -0.483 e. The smallest absolute Gasteiger partial charge is 0.417 e. The molecule has 254 valence electrons. The summed E-state index contributed by atoms with van der Waals surface area (Å²) in [4.78, 5) is 40.8. The molecule has 2 aliphatic rings. The van der Waals surface area contributed by atoms with Gasteiger partial charge in [0.05, 0.1) is 36.8 Å². The number of aliphatic hydroxyl groups excluding tert-OH is 1. The van der Waals surface area contributed by atoms with Gasteiger partial charge in [0.2, 0.25) is 0 Å². The molecule has 0 radical (unpaired) electrons. The second kappa shape index (κ2) is 15.1. The van der Waals surface area contributed by atoms with Gasteiger partial charge in [-0.05, 0) is 62.3 Å². The summed E-state index contributed by atoms with van der Waals surface area (Å²) in [5.41, 5.74) is 4.20. The first-order chi connectivity index (χ1) is 23.2. The number of amides is 2. The first kappa shape index (κ1) is 33.3. The summed E-state index contributed by atoms with van der Waals surface area (Å²) in [5.74, 6) is -0.493. The van der Waals surface area contributed by atoms with Crippen molar-refractivity contribution in [2.75, 3.05) is 19.8 Å². The van der Waals surface area contributed by atoms with Crippen molar-refractivity contribution in [2.24, 2.45) is 5.92 Å². The normalized spacial score (nSPS) is 20.5. The number of alkyl carbamates (subject to hydrolysis) is 1. The average molecular weight is 660 g/mol. The number of aromatic nitrogens is 1. The lowest BCUT2D eigenvalue weighted by atomic mass is 9.93. The average Bonchev–Trinajstić information content (AvgIpc) is 3.78. The van der Waals surface area contributed by atoms with Gasteiger partial charge in [-0.2, -0.15) is 0 Å². The number of aryl methyl sites for hydroxylation is 2. The Morgan fingerprint density at radius 2 is 1.71 bits per heavy atom. The number of ether oxygens (including phenoxy) is 4. The third-order valence-electron chi connectivity index (χ3n) is 8.97. The number of fused-ring (bicyclic) bond motifs is 2. The van der Waals surface area contributed by atoms with Crippen molar-refractivity contribution >= 4 is 23.1 Å². The summed E-state index contributed by atoms with van der Waals surface area (Å²) < 4.78 is 28.0. The molecule has 2 fully saturated rings. The van der Waals surface area contributed by atoms with Crippen LogP contribution in [0.5, 0.6) is 5.75 Å². The van der Waals surface area contributed by atoms with Gasteiger partial charge < -0.3 is 39.1 Å². The third kappa shape index (κ3) is 8.07. The van der Waals surface area contributed by atoms with E-state index >= 15 is 0 Å². The quantitative estimate of drug-likeness (QED) is 0.168. The number of oxazole rings is 1. The van der Waals surface area contributed by atoms with Gasteiger partial charge >= 0.3 is 11.8 Å². The highest BCUT2D eigenvalue weighted by atomic mass is 16.7. The van der Waals surface area contributed by atoms with E-state index in [4.69, 9.17) is 23.4 Å². The van der Waals surface area contributed by atoms with Crippen molar-refractivity contribution in [3.05, 3.63) is 99.5 Å². The standard InChI is InChI=1S/C36H41N3O9/c1-21-15-29-32(39-36(43)47-29)22(2)33(21)45-20-31(41)37-25(16-23-9-5-3-6-10-23)18-28(40)27(17-24-11-7-4-8-12-24)38-35(42)48-30-19-46-34-26(30)13-14-44-34/h3-12,15,25-28,30,34,40H,13-14,16-20H2,1-2H3,(H,37,41)(H,38,42)(H,39,43)/t25-,26-,27-,28-,30-,34+/m0/s1. The van der Waals surface area contributed by atoms with E-state index in [-0.39, 0.29) is 37.7 Å². The van der Waals surface area contributed by atoms with Crippen LogP contribution in [-0.4, -0.2) is 72.5 Å². The number of carbonyl (C=O) groups is 2. The second-order valence-electron chi connectivity index (χ2n) is 12.5. The Kier molecular flexibility index (Phi) is 10.4. The highest BCUT2D eigenvalue weighted by Gasteiger charge is 2.44. The summed E-state index contributed by atoms with van der Waals surface area (Å²) in [6.45, 7) is 4.13. The number of rotatable bonds is 13. The van der Waals surface area contributed by atoms with Crippen LogP contribution in [0.3, 0.4) is 0 Å². The Morgan fingerprint density at radius 3 is 2.44 bits per heavy atom. The predicted octanol–water partition coefficient (Wildman–Crippen LogP) is 3.69. The molecule has 0 saturated carbocycles. The van der Waals surface area contributed by atoms with Crippen molar-refractivity contribution < 1.29 is 38.1 Å². The minimum atomic E-state index is -1.04. The van der Waals surface area contributed by atoms with Gasteiger partial charge in [0, 0.05) is 11.6 Å². The molecule has 6 rings (SSSR count). The molecule has 0 spiro atoms. The number of carbonyl (C=O) groups excluding carboxylic acids is 2. The molecule has 4 aromatic rings. The Bertz CT molecular complexity index is 1760. The zero-order valence-electron chi connectivity index (χ0n) is 27.0. The number of hydrogen-bond donors (Lipinski definition) is 4. The van der Waals surface area contributed by atoms with Crippen molar-refractivity contribution in [3.8, 4) is 5.75 Å². The summed E-state index contributed by atoms with van der Waals surface area (Å²) in [5, 5.41) is 17.6. The van der Waals surface area contributed by atoms with E-state index < -0.39 is 36.1 Å². The molecule has 6 atom stereocenters. The largest absolute Gasteiger partial charge is 0.483 e. The fourth-order valence-electron chi connectivity index (χ4n) is 6.59. The number of hydrogen-bond acceptors (Lipinski definition) is 9. The molecule has 0 unspecified atom stereocenters. The van der Waals surface area contributed by atoms with Crippen molar-refractivity contribution in [1.82, 2.24) is 15.6 Å². The van der Waals surface area contributed by atoms with Crippen LogP contribution in [0.25, 0.3) is 11.1 Å². The van der Waals surface area contributed by atoms with E-state index in [9.17, 15) is 19.5 Å². The van der Waals surface area contributed by atoms with Crippen LogP contribution in [0.2, 0.25) is 0 Å². The lowest BCUT2D eigenvalue weighted by Gasteiger charge is -2.29. The van der Waals surface area contributed by atoms with Crippen LogP contribution in [0.4, 0.5) is 4.79 Å². The SMILES string of the molecule is Cc1cc2oc(=O)[nH]c2c(C)c1OCC(=O)N[C@@H](Cc1ccccc1)C[C@H](O)[C@H](Cc1ccccc1)NC(=O)O[C@H]1CO[C@H]2OCC[C@H]21. The first-order valence-electron chi connectivity index (χ1n) is 16.2. The first-order valence-corrected chi connectivity index (χ1v) is 16.2. The Morgan fingerprint density at radius 1 is 1.00 bits per heavy atom. The van der Waals surface area contributed by atoms with Crippen LogP contribution in [0.1, 0.15) is 35.1 Å².